The lowest BCUT2D eigenvalue weighted by Crippen LogP contribution is -2.18. The SMILES string of the molecule is FC(F)(F)c1c(-c2ccccc2)ncn1-c1cccc(N(c2ccccc2)c2cccc(-n3cnc(-c4ccccc4)c3C(F)(F)F)n2)n1. The molecule has 13 heteroatoms. The van der Waals surface area contributed by atoms with E-state index in [1.54, 1.807) is 78.9 Å². The fraction of sp³-hybridized carbons (Fsp3) is 0.0556. The van der Waals surface area contributed by atoms with E-state index in [-0.39, 0.29) is 45.8 Å². The van der Waals surface area contributed by atoms with Crippen LogP contribution in [-0.4, -0.2) is 29.1 Å². The van der Waals surface area contributed by atoms with Crippen LogP contribution in [0.25, 0.3) is 34.2 Å². The van der Waals surface area contributed by atoms with Crippen molar-refractivity contribution in [2.75, 3.05) is 4.90 Å². The summed E-state index contributed by atoms with van der Waals surface area (Å²) in [5, 5.41) is 0. The highest BCUT2D eigenvalue weighted by molar-refractivity contribution is 5.73. The summed E-state index contributed by atoms with van der Waals surface area (Å²) >= 11 is 0. The highest BCUT2D eigenvalue weighted by atomic mass is 19.4. The van der Waals surface area contributed by atoms with Crippen molar-refractivity contribution < 1.29 is 26.3 Å². The molecule has 0 fully saturated rings. The van der Waals surface area contributed by atoms with Gasteiger partial charge in [-0.2, -0.15) is 26.3 Å². The Morgan fingerprint density at radius 1 is 0.449 bits per heavy atom. The highest BCUT2D eigenvalue weighted by Crippen LogP contribution is 2.40. The molecule has 0 atom stereocenters. The predicted octanol–water partition coefficient (Wildman–Crippen LogP) is 9.69. The molecule has 4 heterocycles. The number of halogens is 6. The van der Waals surface area contributed by atoms with Crippen molar-refractivity contribution in [3.63, 3.8) is 0 Å². The summed E-state index contributed by atoms with van der Waals surface area (Å²) in [4.78, 5) is 18.9. The lowest BCUT2D eigenvalue weighted by molar-refractivity contribution is -0.142. The Morgan fingerprint density at radius 3 is 1.22 bits per heavy atom. The minimum atomic E-state index is -4.78. The molecule has 0 unspecified atom stereocenters. The van der Waals surface area contributed by atoms with Gasteiger partial charge < -0.3 is 0 Å². The van der Waals surface area contributed by atoms with Crippen LogP contribution in [0.4, 0.5) is 43.7 Å². The van der Waals surface area contributed by atoms with E-state index in [0.29, 0.717) is 5.69 Å². The van der Waals surface area contributed by atoms with Crippen LogP contribution < -0.4 is 4.90 Å². The molecule has 0 aliphatic rings. The van der Waals surface area contributed by atoms with Crippen molar-refractivity contribution in [2.45, 2.75) is 12.4 Å². The monoisotopic (exact) mass is 667 g/mol. The first-order valence-electron chi connectivity index (χ1n) is 14.8. The molecule has 0 spiro atoms. The third kappa shape index (κ3) is 6.13. The Balaban J connectivity index is 1.36. The van der Waals surface area contributed by atoms with E-state index in [1.807, 2.05) is 0 Å². The Labute approximate surface area is 275 Å². The largest absolute Gasteiger partial charge is 0.434 e. The average Bonchev–Trinajstić information content (AvgIpc) is 3.77. The fourth-order valence-electron chi connectivity index (χ4n) is 5.50. The predicted molar refractivity (Wildman–Crippen MR) is 172 cm³/mol. The molecular formula is C36H23F6N7. The number of rotatable bonds is 7. The van der Waals surface area contributed by atoms with Gasteiger partial charge in [-0.25, -0.2) is 19.9 Å². The number of nitrogens with zero attached hydrogens (tertiary/aromatic N) is 7. The fourth-order valence-corrected chi connectivity index (χ4v) is 5.50. The summed E-state index contributed by atoms with van der Waals surface area (Å²) in [5.74, 6) is 0.141. The minimum Gasteiger partial charge on any atom is -0.279 e. The van der Waals surface area contributed by atoms with Crippen molar-refractivity contribution in [2.24, 2.45) is 0 Å². The topological polar surface area (TPSA) is 64.7 Å². The first-order valence-corrected chi connectivity index (χ1v) is 14.8. The molecule has 7 nitrogen and oxygen atoms in total. The number of anilines is 3. The van der Waals surface area contributed by atoms with Crippen LogP contribution in [0.5, 0.6) is 0 Å². The highest BCUT2D eigenvalue weighted by Gasteiger charge is 2.40. The summed E-state index contributed by atoms with van der Waals surface area (Å²) in [6.45, 7) is 0. The third-order valence-electron chi connectivity index (χ3n) is 7.57. The molecule has 0 radical (unpaired) electrons. The number of alkyl halides is 6. The maximum absolute atomic E-state index is 14.5. The molecule has 4 aromatic heterocycles. The minimum absolute atomic E-state index is 0.0851. The summed E-state index contributed by atoms with van der Waals surface area (Å²) < 4.78 is 89.0. The van der Waals surface area contributed by atoms with E-state index >= 15 is 0 Å². The molecule has 0 saturated carbocycles. The molecule has 7 rings (SSSR count). The molecule has 7 aromatic rings. The number of hydrogen-bond donors (Lipinski definition) is 0. The van der Waals surface area contributed by atoms with Gasteiger partial charge in [-0.3, -0.25) is 14.0 Å². The van der Waals surface area contributed by atoms with Crippen LogP contribution in [0.15, 0.2) is 140 Å². The van der Waals surface area contributed by atoms with E-state index in [0.717, 1.165) is 21.8 Å². The zero-order valence-corrected chi connectivity index (χ0v) is 25.2. The van der Waals surface area contributed by atoms with Gasteiger partial charge in [0, 0.05) is 16.8 Å². The third-order valence-corrected chi connectivity index (χ3v) is 7.57. The molecule has 244 valence electrons. The molecule has 0 bridgehead atoms. The molecule has 0 amide bonds. The van der Waals surface area contributed by atoms with Crippen molar-refractivity contribution in [3.8, 4) is 34.2 Å². The number of hydrogen-bond acceptors (Lipinski definition) is 5. The van der Waals surface area contributed by atoms with Crippen LogP contribution in [0.3, 0.4) is 0 Å². The van der Waals surface area contributed by atoms with Crippen molar-refractivity contribution in [3.05, 3.63) is 151 Å². The summed E-state index contributed by atoms with van der Waals surface area (Å²) in [6.07, 6.45) is -7.45. The summed E-state index contributed by atoms with van der Waals surface area (Å²) in [6, 6.07) is 33.7. The van der Waals surface area contributed by atoms with E-state index in [2.05, 4.69) is 19.9 Å². The molecule has 0 N–H and O–H groups in total. The first kappa shape index (κ1) is 31.4. The Bertz CT molecular complexity index is 2070. The number of aromatic nitrogens is 6. The maximum Gasteiger partial charge on any atom is 0.434 e. The standard InChI is InChI=1S/C36H23F6N7/c37-35(38,39)33-31(24-12-4-1-5-13-24)43-22-47(33)27-18-10-20-29(45-27)49(26-16-8-3-9-17-26)30-21-11-19-28(46-30)48-23-44-32(34(48)36(40,41)42)25-14-6-2-7-15-25/h1-23H. The van der Waals surface area contributed by atoms with E-state index in [1.165, 1.54) is 53.4 Å². The normalized spacial score (nSPS) is 11.9. The molecule has 0 aliphatic carbocycles. The second-order valence-electron chi connectivity index (χ2n) is 10.7. The van der Waals surface area contributed by atoms with Gasteiger partial charge in [0.15, 0.2) is 11.4 Å². The number of imidazole rings is 2. The molecule has 0 saturated heterocycles. The molecule has 0 aliphatic heterocycles. The van der Waals surface area contributed by atoms with Crippen LogP contribution >= 0.6 is 0 Å². The van der Waals surface area contributed by atoms with Crippen molar-refractivity contribution >= 4 is 17.3 Å². The van der Waals surface area contributed by atoms with Gasteiger partial charge in [0.1, 0.15) is 47.3 Å². The van der Waals surface area contributed by atoms with Crippen LogP contribution in [-0.2, 0) is 12.4 Å². The Hall–Kier alpha value is -6.24. The smallest absolute Gasteiger partial charge is 0.279 e. The number of pyridine rings is 2. The van der Waals surface area contributed by atoms with Gasteiger partial charge in [0.25, 0.3) is 0 Å². The molecule has 49 heavy (non-hydrogen) atoms. The summed E-state index contributed by atoms with van der Waals surface area (Å²) in [5.41, 5.74) is -1.47. The maximum atomic E-state index is 14.5. The van der Waals surface area contributed by atoms with Gasteiger partial charge in [-0.05, 0) is 36.4 Å². The zero-order chi connectivity index (χ0) is 34.2. The lowest BCUT2D eigenvalue weighted by atomic mass is 10.1. The van der Waals surface area contributed by atoms with Gasteiger partial charge in [0.05, 0.1) is 0 Å². The van der Waals surface area contributed by atoms with Gasteiger partial charge >= 0.3 is 12.4 Å². The number of benzene rings is 3. The van der Waals surface area contributed by atoms with E-state index in [9.17, 15) is 26.3 Å². The Morgan fingerprint density at radius 2 is 0.837 bits per heavy atom. The van der Waals surface area contributed by atoms with Crippen molar-refractivity contribution in [1.82, 2.24) is 29.1 Å². The zero-order valence-electron chi connectivity index (χ0n) is 25.2. The average molecular weight is 668 g/mol. The molecule has 3 aromatic carbocycles. The lowest BCUT2D eigenvalue weighted by Gasteiger charge is -2.24. The first-order chi connectivity index (χ1) is 23.6. The quantitative estimate of drug-likeness (QED) is 0.159. The summed E-state index contributed by atoms with van der Waals surface area (Å²) in [7, 11) is 0. The van der Waals surface area contributed by atoms with Gasteiger partial charge in [-0.1, -0.05) is 91.0 Å². The second kappa shape index (κ2) is 12.4. The van der Waals surface area contributed by atoms with Crippen LogP contribution in [0.1, 0.15) is 11.4 Å². The van der Waals surface area contributed by atoms with Crippen LogP contribution in [0, 0.1) is 0 Å². The van der Waals surface area contributed by atoms with Crippen molar-refractivity contribution in [1.29, 1.82) is 0 Å². The van der Waals surface area contributed by atoms with Gasteiger partial charge in [-0.15, -0.1) is 0 Å². The van der Waals surface area contributed by atoms with Crippen LogP contribution in [0.2, 0.25) is 0 Å². The molecular weight excluding hydrogens is 644 g/mol. The van der Waals surface area contributed by atoms with Gasteiger partial charge in [0.2, 0.25) is 0 Å². The second-order valence-corrected chi connectivity index (χ2v) is 10.7. The number of para-hydroxylation sites is 1. The van der Waals surface area contributed by atoms with E-state index < -0.39 is 23.7 Å². The Kier molecular flexibility index (Phi) is 7.95. The van der Waals surface area contributed by atoms with E-state index in [4.69, 9.17) is 0 Å².